The van der Waals surface area contributed by atoms with Crippen LogP contribution >= 0.6 is 0 Å². The molecule has 1 aliphatic rings. The first-order valence-corrected chi connectivity index (χ1v) is 9.99. The highest BCUT2D eigenvalue weighted by Gasteiger charge is 2.33. The molecule has 1 aromatic carbocycles. The number of nitrogens with zero attached hydrogens (tertiary/aromatic N) is 1. The molecule has 0 spiro atoms. The third kappa shape index (κ3) is 6.45. The number of rotatable bonds is 9. The van der Waals surface area contributed by atoms with E-state index in [9.17, 15) is 14.4 Å². The number of hydrogen-bond donors (Lipinski definition) is 2. The molecule has 1 saturated heterocycles. The molecule has 0 bridgehead atoms. The standard InChI is InChI=1S/C21H31N3O5/c1-4-11-22-21(27)19(15-9-12-24(13-10-15)18(25)14-28-2)23-20(26)16-5-7-17(29-3)8-6-16/h5-8,15,19H,4,9-14H2,1-3H3,(H,22,27)(H,23,26). The SMILES string of the molecule is CCCNC(=O)C(NC(=O)c1ccc(OC)cc1)C1CCN(C(=O)COC)CC1. The highest BCUT2D eigenvalue weighted by atomic mass is 16.5. The van der Waals surface area contributed by atoms with Crippen LogP contribution in [0.2, 0.25) is 0 Å². The lowest BCUT2D eigenvalue weighted by atomic mass is 9.88. The number of piperidine rings is 1. The number of carbonyl (C=O) groups excluding carboxylic acids is 3. The van der Waals surface area contributed by atoms with Gasteiger partial charge in [0.15, 0.2) is 0 Å². The van der Waals surface area contributed by atoms with Crippen LogP contribution in [0.15, 0.2) is 24.3 Å². The van der Waals surface area contributed by atoms with Gasteiger partial charge in [0.25, 0.3) is 5.91 Å². The fraction of sp³-hybridized carbons (Fsp3) is 0.571. The van der Waals surface area contributed by atoms with E-state index in [1.165, 1.54) is 7.11 Å². The van der Waals surface area contributed by atoms with Crippen LogP contribution in [0.1, 0.15) is 36.5 Å². The summed E-state index contributed by atoms with van der Waals surface area (Å²) in [5, 5.41) is 5.78. The van der Waals surface area contributed by atoms with Crippen molar-refractivity contribution in [3.05, 3.63) is 29.8 Å². The molecule has 8 heteroatoms. The molecule has 160 valence electrons. The summed E-state index contributed by atoms with van der Waals surface area (Å²) in [6, 6.07) is 6.11. The summed E-state index contributed by atoms with van der Waals surface area (Å²) >= 11 is 0. The monoisotopic (exact) mass is 405 g/mol. The molecular formula is C21H31N3O5. The zero-order valence-corrected chi connectivity index (χ0v) is 17.4. The molecule has 0 aromatic heterocycles. The number of likely N-dealkylation sites (tertiary alicyclic amines) is 1. The van der Waals surface area contributed by atoms with E-state index < -0.39 is 6.04 Å². The van der Waals surface area contributed by atoms with Crippen LogP contribution in [-0.2, 0) is 14.3 Å². The van der Waals surface area contributed by atoms with Crippen molar-refractivity contribution in [2.45, 2.75) is 32.2 Å². The number of hydrogen-bond acceptors (Lipinski definition) is 5. The van der Waals surface area contributed by atoms with Gasteiger partial charge in [0.2, 0.25) is 11.8 Å². The average molecular weight is 405 g/mol. The Hall–Kier alpha value is -2.61. The van der Waals surface area contributed by atoms with Gasteiger partial charge in [-0.1, -0.05) is 6.92 Å². The summed E-state index contributed by atoms with van der Waals surface area (Å²) in [6.45, 7) is 3.68. The van der Waals surface area contributed by atoms with Crippen LogP contribution in [0, 0.1) is 5.92 Å². The molecule has 1 fully saturated rings. The lowest BCUT2D eigenvalue weighted by molar-refractivity contribution is -0.136. The van der Waals surface area contributed by atoms with Gasteiger partial charge in [0.05, 0.1) is 7.11 Å². The lowest BCUT2D eigenvalue weighted by Gasteiger charge is -2.35. The van der Waals surface area contributed by atoms with Crippen LogP contribution in [-0.4, -0.2) is 69.1 Å². The summed E-state index contributed by atoms with van der Waals surface area (Å²) in [6.07, 6.45) is 2.10. The molecule has 2 rings (SSSR count). The van der Waals surface area contributed by atoms with E-state index >= 15 is 0 Å². The maximum Gasteiger partial charge on any atom is 0.251 e. The van der Waals surface area contributed by atoms with E-state index in [0.717, 1.165) is 6.42 Å². The number of ether oxygens (including phenoxy) is 2. The lowest BCUT2D eigenvalue weighted by Crippen LogP contribution is -2.54. The van der Waals surface area contributed by atoms with E-state index in [-0.39, 0.29) is 30.2 Å². The Morgan fingerprint density at radius 3 is 2.34 bits per heavy atom. The molecule has 3 amide bonds. The van der Waals surface area contributed by atoms with Crippen molar-refractivity contribution in [2.24, 2.45) is 5.92 Å². The average Bonchev–Trinajstić information content (AvgIpc) is 2.76. The van der Waals surface area contributed by atoms with Gasteiger partial charge < -0.3 is 25.0 Å². The third-order valence-corrected chi connectivity index (χ3v) is 5.10. The molecule has 8 nitrogen and oxygen atoms in total. The Labute approximate surface area is 171 Å². The molecule has 1 atom stereocenters. The van der Waals surface area contributed by atoms with Crippen molar-refractivity contribution in [2.75, 3.05) is 40.5 Å². The van der Waals surface area contributed by atoms with E-state index in [1.807, 2.05) is 6.92 Å². The van der Waals surface area contributed by atoms with Gasteiger partial charge in [-0.15, -0.1) is 0 Å². The van der Waals surface area contributed by atoms with E-state index in [1.54, 1.807) is 36.3 Å². The zero-order chi connectivity index (χ0) is 21.2. The molecule has 0 saturated carbocycles. The second kappa shape index (κ2) is 11.4. The largest absolute Gasteiger partial charge is 0.497 e. The molecule has 0 radical (unpaired) electrons. The highest BCUT2D eigenvalue weighted by molar-refractivity contribution is 5.97. The summed E-state index contributed by atoms with van der Waals surface area (Å²) < 4.78 is 10.0. The molecule has 0 aliphatic carbocycles. The number of methoxy groups -OCH3 is 2. The fourth-order valence-corrected chi connectivity index (χ4v) is 3.42. The van der Waals surface area contributed by atoms with Gasteiger partial charge in [-0.05, 0) is 49.4 Å². The highest BCUT2D eigenvalue weighted by Crippen LogP contribution is 2.22. The quantitative estimate of drug-likeness (QED) is 0.644. The first-order valence-electron chi connectivity index (χ1n) is 9.99. The van der Waals surface area contributed by atoms with Crippen LogP contribution in [0.4, 0.5) is 0 Å². The van der Waals surface area contributed by atoms with Crippen molar-refractivity contribution < 1.29 is 23.9 Å². The Morgan fingerprint density at radius 1 is 1.14 bits per heavy atom. The predicted octanol–water partition coefficient (Wildman–Crippen LogP) is 1.20. The van der Waals surface area contributed by atoms with Crippen LogP contribution in [0.25, 0.3) is 0 Å². The Bertz CT molecular complexity index is 684. The summed E-state index contributed by atoms with van der Waals surface area (Å²) in [7, 11) is 3.06. The maximum atomic E-state index is 12.7. The topological polar surface area (TPSA) is 97.0 Å². The normalized spacial score (nSPS) is 15.5. The van der Waals surface area contributed by atoms with Crippen molar-refractivity contribution in [1.29, 1.82) is 0 Å². The molecular weight excluding hydrogens is 374 g/mol. The van der Waals surface area contributed by atoms with Gasteiger partial charge in [0.1, 0.15) is 18.4 Å². The minimum absolute atomic E-state index is 0.0411. The van der Waals surface area contributed by atoms with Gasteiger partial charge in [-0.25, -0.2) is 0 Å². The molecule has 1 unspecified atom stereocenters. The van der Waals surface area contributed by atoms with E-state index in [2.05, 4.69) is 10.6 Å². The molecule has 29 heavy (non-hydrogen) atoms. The number of benzene rings is 1. The van der Waals surface area contributed by atoms with Crippen LogP contribution in [0.3, 0.4) is 0 Å². The van der Waals surface area contributed by atoms with Crippen molar-refractivity contribution in [1.82, 2.24) is 15.5 Å². The smallest absolute Gasteiger partial charge is 0.251 e. The first kappa shape index (κ1) is 22.7. The second-order valence-electron chi connectivity index (χ2n) is 7.12. The van der Waals surface area contributed by atoms with Crippen LogP contribution in [0.5, 0.6) is 5.75 Å². The van der Waals surface area contributed by atoms with E-state index in [0.29, 0.717) is 43.8 Å². The van der Waals surface area contributed by atoms with Gasteiger partial charge >= 0.3 is 0 Å². The number of nitrogens with one attached hydrogen (secondary N) is 2. The number of carbonyl (C=O) groups is 3. The minimum atomic E-state index is -0.643. The summed E-state index contributed by atoms with van der Waals surface area (Å²) in [5.74, 6) is 0.0744. The fourth-order valence-electron chi connectivity index (χ4n) is 3.42. The number of amides is 3. The first-order chi connectivity index (χ1) is 14.0. The molecule has 2 N–H and O–H groups in total. The van der Waals surface area contributed by atoms with E-state index in [4.69, 9.17) is 9.47 Å². The van der Waals surface area contributed by atoms with Crippen LogP contribution < -0.4 is 15.4 Å². The Kier molecular flexibility index (Phi) is 8.92. The van der Waals surface area contributed by atoms with Crippen molar-refractivity contribution in [3.63, 3.8) is 0 Å². The van der Waals surface area contributed by atoms with Crippen molar-refractivity contribution >= 4 is 17.7 Å². The predicted molar refractivity (Wildman–Crippen MR) is 109 cm³/mol. The Balaban J connectivity index is 2.05. The van der Waals surface area contributed by atoms with Crippen molar-refractivity contribution in [3.8, 4) is 5.75 Å². The van der Waals surface area contributed by atoms with Gasteiger partial charge in [-0.3, -0.25) is 14.4 Å². The second-order valence-corrected chi connectivity index (χ2v) is 7.12. The maximum absolute atomic E-state index is 12.7. The minimum Gasteiger partial charge on any atom is -0.497 e. The van der Waals surface area contributed by atoms with Gasteiger partial charge in [0, 0.05) is 32.3 Å². The zero-order valence-electron chi connectivity index (χ0n) is 17.4. The third-order valence-electron chi connectivity index (χ3n) is 5.10. The molecule has 1 aliphatic heterocycles. The summed E-state index contributed by atoms with van der Waals surface area (Å²) in [5.41, 5.74) is 0.465. The Morgan fingerprint density at radius 2 is 1.79 bits per heavy atom. The van der Waals surface area contributed by atoms with Gasteiger partial charge in [-0.2, -0.15) is 0 Å². The molecule has 1 aromatic rings. The summed E-state index contributed by atoms with van der Waals surface area (Å²) in [4.78, 5) is 39.2. The molecule has 1 heterocycles.